The summed E-state index contributed by atoms with van der Waals surface area (Å²) in [6.07, 6.45) is 2.67. The minimum Gasteiger partial charge on any atom is -0.397 e. The number of nitrogen functional groups attached to an aromatic ring is 1. The minimum atomic E-state index is -0.290. The number of nitrogens with two attached hydrogens (primary N) is 2. The summed E-state index contributed by atoms with van der Waals surface area (Å²) < 4.78 is 0.853. The van der Waals surface area contributed by atoms with E-state index in [1.165, 1.54) is 0 Å². The summed E-state index contributed by atoms with van der Waals surface area (Å²) in [6.45, 7) is 2.56. The second-order valence-corrected chi connectivity index (χ2v) is 4.29. The Morgan fingerprint density at radius 2 is 2.31 bits per heavy atom. The number of carbonyl (C=O) groups is 1. The summed E-state index contributed by atoms with van der Waals surface area (Å²) in [6, 6.07) is 0. The summed E-state index contributed by atoms with van der Waals surface area (Å²) in [4.78, 5) is 14.7. The fourth-order valence-electron chi connectivity index (χ4n) is 1.18. The molecule has 88 valence electrons. The van der Waals surface area contributed by atoms with E-state index >= 15 is 0 Å². The van der Waals surface area contributed by atoms with Crippen molar-refractivity contribution >= 4 is 33.3 Å². The van der Waals surface area contributed by atoms with Crippen molar-refractivity contribution in [1.29, 1.82) is 0 Å². The molecule has 5 N–H and O–H groups in total. The van der Waals surface area contributed by atoms with Crippen molar-refractivity contribution in [3.05, 3.63) is 16.2 Å². The Labute approximate surface area is 103 Å². The number of anilines is 2. The molecule has 1 rings (SSSR count). The van der Waals surface area contributed by atoms with Crippen molar-refractivity contribution in [2.75, 3.05) is 17.6 Å². The lowest BCUT2D eigenvalue weighted by Crippen LogP contribution is -2.13. The number of hydrogen-bond acceptors (Lipinski definition) is 4. The van der Waals surface area contributed by atoms with Crippen LogP contribution >= 0.6 is 15.9 Å². The van der Waals surface area contributed by atoms with Crippen molar-refractivity contribution in [1.82, 2.24) is 4.98 Å². The van der Waals surface area contributed by atoms with Crippen LogP contribution in [0, 0.1) is 6.92 Å². The molecule has 6 heteroatoms. The third-order valence-electron chi connectivity index (χ3n) is 2.20. The van der Waals surface area contributed by atoms with Crippen LogP contribution < -0.4 is 16.8 Å². The van der Waals surface area contributed by atoms with Gasteiger partial charge in [0.15, 0.2) is 0 Å². The normalized spacial score (nSPS) is 10.1. The molecule has 1 aromatic heterocycles. The third kappa shape index (κ3) is 3.37. The molecular weight excluding hydrogens is 272 g/mol. The number of rotatable bonds is 5. The lowest BCUT2D eigenvalue weighted by Gasteiger charge is -2.10. The van der Waals surface area contributed by atoms with Gasteiger partial charge in [0.2, 0.25) is 5.91 Å². The van der Waals surface area contributed by atoms with Gasteiger partial charge in [-0.1, -0.05) is 0 Å². The molecule has 0 saturated carbocycles. The molecule has 1 amide bonds. The van der Waals surface area contributed by atoms with Crippen molar-refractivity contribution in [2.24, 2.45) is 5.73 Å². The van der Waals surface area contributed by atoms with E-state index in [4.69, 9.17) is 11.5 Å². The summed E-state index contributed by atoms with van der Waals surface area (Å²) >= 11 is 3.42. The van der Waals surface area contributed by atoms with Crippen molar-refractivity contribution in [2.45, 2.75) is 19.8 Å². The quantitative estimate of drug-likeness (QED) is 0.714. The van der Waals surface area contributed by atoms with E-state index in [-0.39, 0.29) is 5.91 Å². The molecule has 0 unspecified atom stereocenters. The topological polar surface area (TPSA) is 94.0 Å². The molecule has 1 heterocycles. The molecule has 0 aromatic carbocycles. The Balaban J connectivity index is 2.55. The van der Waals surface area contributed by atoms with Crippen LogP contribution in [-0.4, -0.2) is 17.4 Å². The lowest BCUT2D eigenvalue weighted by atomic mass is 10.2. The van der Waals surface area contributed by atoms with Gasteiger partial charge in [-0.05, 0) is 34.8 Å². The van der Waals surface area contributed by atoms with E-state index in [1.807, 2.05) is 6.92 Å². The van der Waals surface area contributed by atoms with E-state index < -0.39 is 0 Å². The monoisotopic (exact) mass is 286 g/mol. The highest BCUT2D eigenvalue weighted by Crippen LogP contribution is 2.27. The van der Waals surface area contributed by atoms with Crippen LogP contribution in [0.5, 0.6) is 0 Å². The number of nitrogens with zero attached hydrogens (tertiary/aromatic N) is 1. The highest BCUT2D eigenvalue weighted by Gasteiger charge is 2.06. The number of primary amides is 1. The van der Waals surface area contributed by atoms with E-state index in [2.05, 4.69) is 26.2 Å². The van der Waals surface area contributed by atoms with E-state index in [1.54, 1.807) is 6.20 Å². The zero-order chi connectivity index (χ0) is 12.1. The molecule has 0 aliphatic heterocycles. The second-order valence-electron chi connectivity index (χ2n) is 3.50. The van der Waals surface area contributed by atoms with Gasteiger partial charge >= 0.3 is 0 Å². The molecule has 1 aromatic rings. The van der Waals surface area contributed by atoms with Crippen molar-refractivity contribution in [3.63, 3.8) is 0 Å². The maximum atomic E-state index is 10.5. The van der Waals surface area contributed by atoms with Crippen molar-refractivity contribution < 1.29 is 4.79 Å². The molecule has 5 nitrogen and oxygen atoms in total. The Bertz CT molecular complexity index is 395. The largest absolute Gasteiger partial charge is 0.397 e. The van der Waals surface area contributed by atoms with Gasteiger partial charge in [0.25, 0.3) is 0 Å². The van der Waals surface area contributed by atoms with Crippen molar-refractivity contribution in [3.8, 4) is 0 Å². The van der Waals surface area contributed by atoms with Gasteiger partial charge in [0, 0.05) is 13.0 Å². The molecule has 0 saturated heterocycles. The fraction of sp³-hybridized carbons (Fsp3) is 0.400. The van der Waals surface area contributed by atoms with Gasteiger partial charge in [-0.25, -0.2) is 4.98 Å². The minimum absolute atomic E-state index is 0.290. The summed E-state index contributed by atoms with van der Waals surface area (Å²) in [5.74, 6) is 0.443. The van der Waals surface area contributed by atoms with Gasteiger partial charge in [0.05, 0.1) is 16.4 Å². The Hall–Kier alpha value is -1.30. The number of aromatic nitrogens is 1. The Morgan fingerprint density at radius 1 is 1.62 bits per heavy atom. The number of nitrogens with one attached hydrogen (secondary N) is 1. The highest BCUT2D eigenvalue weighted by atomic mass is 79.9. The van der Waals surface area contributed by atoms with E-state index in [0.717, 1.165) is 15.9 Å². The number of hydrogen-bond donors (Lipinski definition) is 3. The molecule has 16 heavy (non-hydrogen) atoms. The third-order valence-corrected chi connectivity index (χ3v) is 3.17. The first-order valence-corrected chi connectivity index (χ1v) is 5.74. The predicted octanol–water partition coefficient (Wildman–Crippen LogP) is 1.41. The van der Waals surface area contributed by atoms with Gasteiger partial charge in [-0.2, -0.15) is 0 Å². The first kappa shape index (κ1) is 12.8. The smallest absolute Gasteiger partial charge is 0.217 e. The van der Waals surface area contributed by atoms with Gasteiger partial charge in [-0.15, -0.1) is 0 Å². The van der Waals surface area contributed by atoms with Crippen LogP contribution in [0.25, 0.3) is 0 Å². The number of pyridine rings is 1. The molecule has 0 bridgehead atoms. The van der Waals surface area contributed by atoms with Crippen LogP contribution in [-0.2, 0) is 4.79 Å². The van der Waals surface area contributed by atoms with Crippen LogP contribution in [0.1, 0.15) is 18.4 Å². The first-order chi connectivity index (χ1) is 7.52. The maximum absolute atomic E-state index is 10.5. The summed E-state index contributed by atoms with van der Waals surface area (Å²) in [7, 11) is 0. The molecule has 0 spiro atoms. The average Bonchev–Trinajstić information content (AvgIpc) is 2.23. The number of halogens is 1. The van der Waals surface area contributed by atoms with Crippen LogP contribution in [0.3, 0.4) is 0 Å². The standard InChI is InChI=1S/C10H15BrN4O/c1-6-7(12)5-15-10(9(6)11)14-4-2-3-8(13)16/h5H,2-4,12H2,1H3,(H2,13,16)(H,14,15). The lowest BCUT2D eigenvalue weighted by molar-refractivity contribution is -0.118. The molecule has 0 atom stereocenters. The molecule has 0 fully saturated rings. The maximum Gasteiger partial charge on any atom is 0.217 e. The number of carbonyl (C=O) groups excluding carboxylic acids is 1. The molecule has 0 aliphatic carbocycles. The fourth-order valence-corrected chi connectivity index (χ4v) is 1.66. The van der Waals surface area contributed by atoms with Crippen LogP contribution in [0.2, 0.25) is 0 Å². The first-order valence-electron chi connectivity index (χ1n) is 4.95. The zero-order valence-corrected chi connectivity index (χ0v) is 10.7. The Kier molecular flexibility index (Phi) is 4.54. The van der Waals surface area contributed by atoms with Gasteiger partial charge < -0.3 is 16.8 Å². The SMILES string of the molecule is Cc1c(N)cnc(NCCCC(N)=O)c1Br. The van der Waals surface area contributed by atoms with Gasteiger partial charge in [-0.3, -0.25) is 4.79 Å². The summed E-state index contributed by atoms with van der Waals surface area (Å²) in [5, 5.41) is 3.12. The molecule has 0 radical (unpaired) electrons. The van der Waals surface area contributed by atoms with Crippen LogP contribution in [0.4, 0.5) is 11.5 Å². The molecular formula is C10H15BrN4O. The van der Waals surface area contributed by atoms with E-state index in [9.17, 15) is 4.79 Å². The Morgan fingerprint density at radius 3 is 2.94 bits per heavy atom. The predicted molar refractivity (Wildman–Crippen MR) is 68.0 cm³/mol. The highest BCUT2D eigenvalue weighted by molar-refractivity contribution is 9.10. The summed E-state index contributed by atoms with van der Waals surface area (Å²) in [5.41, 5.74) is 12.3. The van der Waals surface area contributed by atoms with Crippen LogP contribution in [0.15, 0.2) is 10.7 Å². The second kappa shape index (κ2) is 5.69. The average molecular weight is 287 g/mol. The zero-order valence-electron chi connectivity index (χ0n) is 9.09. The number of amides is 1. The molecule has 0 aliphatic rings. The van der Waals surface area contributed by atoms with E-state index in [0.29, 0.717) is 25.1 Å². The van der Waals surface area contributed by atoms with Gasteiger partial charge in [0.1, 0.15) is 5.82 Å².